The lowest BCUT2D eigenvalue weighted by atomic mass is 10.00. The van der Waals surface area contributed by atoms with Gasteiger partial charge in [-0.05, 0) is 48.7 Å². The van der Waals surface area contributed by atoms with E-state index in [2.05, 4.69) is 23.8 Å². The number of Topliss-reactive ketones (excluding diaryl/α,β-unsaturated/α-hetero) is 1. The molecular formula is C18H19NO2S. The number of thiophene rings is 1. The summed E-state index contributed by atoms with van der Waals surface area (Å²) in [5, 5.41) is 4.24. The Morgan fingerprint density at radius 3 is 2.55 bits per heavy atom. The summed E-state index contributed by atoms with van der Waals surface area (Å²) in [7, 11) is 0. The molecule has 1 aliphatic rings. The van der Waals surface area contributed by atoms with Crippen LogP contribution in [0.25, 0.3) is 0 Å². The van der Waals surface area contributed by atoms with Crippen molar-refractivity contribution in [3.63, 3.8) is 0 Å². The number of ketones is 1. The Morgan fingerprint density at radius 1 is 1.18 bits per heavy atom. The number of amides is 1. The van der Waals surface area contributed by atoms with Crippen LogP contribution < -0.4 is 0 Å². The summed E-state index contributed by atoms with van der Waals surface area (Å²) in [6, 6.07) is 9.43. The topological polar surface area (TPSA) is 37.4 Å². The number of hydrogen-bond acceptors (Lipinski definition) is 3. The van der Waals surface area contributed by atoms with E-state index in [0.29, 0.717) is 17.0 Å². The molecule has 1 aliphatic heterocycles. The molecule has 0 unspecified atom stereocenters. The van der Waals surface area contributed by atoms with Crippen LogP contribution in [-0.2, 0) is 0 Å². The van der Waals surface area contributed by atoms with Crippen molar-refractivity contribution in [2.24, 2.45) is 0 Å². The van der Waals surface area contributed by atoms with E-state index in [1.165, 1.54) is 12.5 Å². The van der Waals surface area contributed by atoms with Crippen molar-refractivity contribution >= 4 is 23.0 Å². The van der Waals surface area contributed by atoms with E-state index in [1.54, 1.807) is 29.5 Å². The van der Waals surface area contributed by atoms with Crippen LogP contribution in [0.3, 0.4) is 0 Å². The van der Waals surface area contributed by atoms with Crippen molar-refractivity contribution in [2.75, 3.05) is 6.54 Å². The van der Waals surface area contributed by atoms with E-state index < -0.39 is 0 Å². The molecule has 0 spiro atoms. The molecule has 0 aliphatic carbocycles. The maximum atomic E-state index is 12.9. The molecule has 22 heavy (non-hydrogen) atoms. The molecule has 0 N–H and O–H groups in total. The number of benzene rings is 1. The molecule has 2 heterocycles. The quantitative estimate of drug-likeness (QED) is 0.804. The number of hydrogen-bond donors (Lipinski definition) is 0. The third-order valence-electron chi connectivity index (χ3n) is 4.39. The van der Waals surface area contributed by atoms with Gasteiger partial charge in [0.05, 0.1) is 5.56 Å². The summed E-state index contributed by atoms with van der Waals surface area (Å²) in [4.78, 5) is 26.5. The van der Waals surface area contributed by atoms with Gasteiger partial charge < -0.3 is 4.90 Å². The fourth-order valence-corrected chi connectivity index (χ4v) is 3.94. The van der Waals surface area contributed by atoms with Crippen LogP contribution in [-0.4, -0.2) is 29.2 Å². The number of carbonyl (C=O) groups is 2. The van der Waals surface area contributed by atoms with Crippen LogP contribution in [0, 0.1) is 0 Å². The molecule has 3 rings (SSSR count). The van der Waals surface area contributed by atoms with E-state index in [4.69, 9.17) is 0 Å². The van der Waals surface area contributed by atoms with Gasteiger partial charge >= 0.3 is 0 Å². The molecule has 1 aromatic carbocycles. The first-order valence-electron chi connectivity index (χ1n) is 7.51. The number of nitrogens with zero attached hydrogens (tertiary/aromatic N) is 1. The lowest BCUT2D eigenvalue weighted by molar-refractivity contribution is 0.0741. The highest BCUT2D eigenvalue weighted by molar-refractivity contribution is 7.08. The molecule has 0 bridgehead atoms. The van der Waals surface area contributed by atoms with Crippen LogP contribution in [0.2, 0.25) is 0 Å². The first-order valence-corrected chi connectivity index (χ1v) is 8.45. The summed E-state index contributed by atoms with van der Waals surface area (Å²) in [5.41, 5.74) is 2.35. The lowest BCUT2D eigenvalue weighted by Crippen LogP contribution is -2.34. The monoisotopic (exact) mass is 313 g/mol. The van der Waals surface area contributed by atoms with Gasteiger partial charge in [0.1, 0.15) is 0 Å². The molecule has 1 fully saturated rings. The second-order valence-electron chi connectivity index (χ2n) is 5.90. The van der Waals surface area contributed by atoms with Crippen LogP contribution in [0.5, 0.6) is 0 Å². The lowest BCUT2D eigenvalue weighted by Gasteiger charge is -2.22. The minimum Gasteiger partial charge on any atom is -0.335 e. The minimum atomic E-state index is -0.0646. The van der Waals surface area contributed by atoms with E-state index in [0.717, 1.165) is 13.0 Å². The standard InChI is InChI=1S/C18H19NO2S/c1-12-9-15(14-7-8-22-11-14)10-19(12)18(21)17-6-4-3-5-16(17)13(2)20/h3-8,11-12,15H,9-10H2,1-2H3/t12-,15-/m0/s1. The van der Waals surface area contributed by atoms with Gasteiger partial charge in [0.25, 0.3) is 5.91 Å². The Labute approximate surface area is 134 Å². The largest absolute Gasteiger partial charge is 0.335 e. The van der Waals surface area contributed by atoms with Gasteiger partial charge in [0, 0.05) is 24.1 Å². The van der Waals surface area contributed by atoms with Gasteiger partial charge in [-0.2, -0.15) is 11.3 Å². The summed E-state index contributed by atoms with van der Waals surface area (Å²) >= 11 is 1.69. The van der Waals surface area contributed by atoms with Gasteiger partial charge in [0.2, 0.25) is 0 Å². The van der Waals surface area contributed by atoms with Crippen LogP contribution in [0.4, 0.5) is 0 Å². The highest BCUT2D eigenvalue weighted by Crippen LogP contribution is 2.33. The number of likely N-dealkylation sites (tertiary alicyclic amines) is 1. The zero-order valence-electron chi connectivity index (χ0n) is 12.8. The Balaban J connectivity index is 1.85. The fraction of sp³-hybridized carbons (Fsp3) is 0.333. The van der Waals surface area contributed by atoms with Gasteiger partial charge in [0.15, 0.2) is 5.78 Å². The van der Waals surface area contributed by atoms with Gasteiger partial charge in [-0.15, -0.1) is 0 Å². The first kappa shape index (κ1) is 15.0. The summed E-state index contributed by atoms with van der Waals surface area (Å²) in [6.45, 7) is 4.32. The van der Waals surface area contributed by atoms with Gasteiger partial charge in [-0.3, -0.25) is 9.59 Å². The molecule has 2 aromatic rings. The van der Waals surface area contributed by atoms with Crippen molar-refractivity contribution in [3.05, 3.63) is 57.8 Å². The smallest absolute Gasteiger partial charge is 0.254 e. The van der Waals surface area contributed by atoms with E-state index in [9.17, 15) is 9.59 Å². The summed E-state index contributed by atoms with van der Waals surface area (Å²) in [5.74, 6) is 0.302. The molecular weight excluding hydrogens is 294 g/mol. The minimum absolute atomic E-state index is 0.0315. The molecule has 114 valence electrons. The molecule has 4 heteroatoms. The highest BCUT2D eigenvalue weighted by Gasteiger charge is 2.34. The van der Waals surface area contributed by atoms with Crippen molar-refractivity contribution in [1.29, 1.82) is 0 Å². The maximum Gasteiger partial charge on any atom is 0.254 e. The number of carbonyl (C=O) groups excluding carboxylic acids is 2. The average molecular weight is 313 g/mol. The molecule has 0 radical (unpaired) electrons. The average Bonchev–Trinajstić information content (AvgIpc) is 3.15. The van der Waals surface area contributed by atoms with Crippen molar-refractivity contribution in [2.45, 2.75) is 32.2 Å². The van der Waals surface area contributed by atoms with E-state index in [-0.39, 0.29) is 17.7 Å². The first-order chi connectivity index (χ1) is 10.6. The molecule has 1 aromatic heterocycles. The second kappa shape index (κ2) is 6.05. The molecule has 1 amide bonds. The van der Waals surface area contributed by atoms with Crippen molar-refractivity contribution in [1.82, 2.24) is 4.90 Å². The second-order valence-corrected chi connectivity index (χ2v) is 6.68. The Kier molecular flexibility index (Phi) is 4.12. The predicted octanol–water partition coefficient (Wildman–Crippen LogP) is 3.97. The zero-order valence-corrected chi connectivity index (χ0v) is 13.6. The van der Waals surface area contributed by atoms with Gasteiger partial charge in [-0.1, -0.05) is 18.2 Å². The maximum absolute atomic E-state index is 12.9. The SMILES string of the molecule is CC(=O)c1ccccc1C(=O)N1C[C@@H](c2ccsc2)C[C@@H]1C. The Morgan fingerprint density at radius 2 is 1.91 bits per heavy atom. The fourth-order valence-electron chi connectivity index (χ4n) is 3.19. The van der Waals surface area contributed by atoms with Gasteiger partial charge in [-0.25, -0.2) is 0 Å². The number of rotatable bonds is 3. The normalized spacial score (nSPS) is 21.1. The van der Waals surface area contributed by atoms with Crippen LogP contribution in [0.15, 0.2) is 41.1 Å². The van der Waals surface area contributed by atoms with Crippen LogP contribution in [0.1, 0.15) is 52.5 Å². The zero-order chi connectivity index (χ0) is 15.7. The van der Waals surface area contributed by atoms with E-state index in [1.807, 2.05) is 11.0 Å². The van der Waals surface area contributed by atoms with Crippen molar-refractivity contribution in [3.8, 4) is 0 Å². The predicted molar refractivity (Wildman–Crippen MR) is 88.6 cm³/mol. The molecule has 2 atom stereocenters. The summed E-state index contributed by atoms with van der Waals surface area (Å²) in [6.07, 6.45) is 0.977. The Bertz CT molecular complexity index is 693. The third kappa shape index (κ3) is 2.71. The van der Waals surface area contributed by atoms with Crippen molar-refractivity contribution < 1.29 is 9.59 Å². The Hall–Kier alpha value is -1.94. The highest BCUT2D eigenvalue weighted by atomic mass is 32.1. The third-order valence-corrected chi connectivity index (χ3v) is 5.09. The molecule has 3 nitrogen and oxygen atoms in total. The van der Waals surface area contributed by atoms with E-state index >= 15 is 0 Å². The molecule has 1 saturated heterocycles. The van der Waals surface area contributed by atoms with Crippen LogP contribution >= 0.6 is 11.3 Å². The molecule has 0 saturated carbocycles. The summed E-state index contributed by atoms with van der Waals surface area (Å²) < 4.78 is 0.